The Morgan fingerprint density at radius 1 is 1.42 bits per heavy atom. The lowest BCUT2D eigenvalue weighted by Crippen LogP contribution is -2.55. The van der Waals surface area contributed by atoms with E-state index >= 15 is 0 Å². The summed E-state index contributed by atoms with van der Waals surface area (Å²) in [6.45, 7) is 11.7. The standard InChI is InChI=1S/C15H29N3O/c1-12-5-4-8-18(10-12)15(2,3)11-17-14(19)13-6-7-16-9-13/h12-13,16H,4-11H2,1-3H3,(H,17,19). The first-order valence-corrected chi connectivity index (χ1v) is 7.72. The van der Waals surface area contributed by atoms with Crippen molar-refractivity contribution in [3.63, 3.8) is 0 Å². The molecule has 2 saturated heterocycles. The van der Waals surface area contributed by atoms with E-state index in [0.717, 1.165) is 45.1 Å². The molecule has 2 fully saturated rings. The molecule has 2 rings (SSSR count). The van der Waals surface area contributed by atoms with Crippen LogP contribution >= 0.6 is 0 Å². The zero-order valence-electron chi connectivity index (χ0n) is 12.7. The van der Waals surface area contributed by atoms with Crippen molar-refractivity contribution < 1.29 is 4.79 Å². The highest BCUT2D eigenvalue weighted by Gasteiger charge is 2.31. The Bertz CT molecular complexity index is 311. The van der Waals surface area contributed by atoms with Crippen molar-refractivity contribution in [1.82, 2.24) is 15.5 Å². The van der Waals surface area contributed by atoms with Gasteiger partial charge in [-0.15, -0.1) is 0 Å². The normalized spacial score (nSPS) is 29.4. The summed E-state index contributed by atoms with van der Waals surface area (Å²) in [6.07, 6.45) is 3.60. The second-order valence-corrected chi connectivity index (χ2v) is 6.91. The average molecular weight is 267 g/mol. The number of carbonyl (C=O) groups is 1. The molecule has 4 nitrogen and oxygen atoms in total. The Kier molecular flexibility index (Phi) is 4.85. The van der Waals surface area contributed by atoms with E-state index in [1.54, 1.807) is 0 Å². The molecular formula is C15H29N3O. The van der Waals surface area contributed by atoms with Crippen LogP contribution in [0.15, 0.2) is 0 Å². The van der Waals surface area contributed by atoms with Crippen molar-refractivity contribution in [3.05, 3.63) is 0 Å². The van der Waals surface area contributed by atoms with Crippen molar-refractivity contribution in [3.8, 4) is 0 Å². The lowest BCUT2D eigenvalue weighted by atomic mass is 9.93. The van der Waals surface area contributed by atoms with Crippen molar-refractivity contribution >= 4 is 5.91 Å². The second kappa shape index (κ2) is 6.23. The van der Waals surface area contributed by atoms with Gasteiger partial charge in [-0.2, -0.15) is 0 Å². The van der Waals surface area contributed by atoms with Crippen LogP contribution in [0.3, 0.4) is 0 Å². The van der Waals surface area contributed by atoms with Crippen LogP contribution in [0.5, 0.6) is 0 Å². The largest absolute Gasteiger partial charge is 0.354 e. The van der Waals surface area contributed by atoms with Gasteiger partial charge < -0.3 is 10.6 Å². The molecule has 2 unspecified atom stereocenters. The lowest BCUT2D eigenvalue weighted by Gasteiger charge is -2.43. The molecule has 0 aromatic carbocycles. The molecule has 0 aliphatic carbocycles. The van der Waals surface area contributed by atoms with E-state index in [2.05, 4.69) is 36.3 Å². The number of hydrogen-bond donors (Lipinski definition) is 2. The molecule has 0 aromatic rings. The minimum atomic E-state index is 0.0658. The smallest absolute Gasteiger partial charge is 0.224 e. The molecule has 2 N–H and O–H groups in total. The van der Waals surface area contributed by atoms with Crippen LogP contribution < -0.4 is 10.6 Å². The van der Waals surface area contributed by atoms with Crippen LogP contribution in [-0.4, -0.2) is 49.1 Å². The van der Waals surface area contributed by atoms with Crippen LogP contribution in [0, 0.1) is 11.8 Å². The van der Waals surface area contributed by atoms with Crippen LogP contribution in [0.2, 0.25) is 0 Å². The summed E-state index contributed by atoms with van der Waals surface area (Å²) in [5.74, 6) is 1.18. The topological polar surface area (TPSA) is 44.4 Å². The van der Waals surface area contributed by atoms with Crippen LogP contribution in [0.25, 0.3) is 0 Å². The summed E-state index contributed by atoms with van der Waals surface area (Å²) >= 11 is 0. The van der Waals surface area contributed by atoms with Crippen molar-refractivity contribution in [1.29, 1.82) is 0 Å². The van der Waals surface area contributed by atoms with Crippen LogP contribution in [0.4, 0.5) is 0 Å². The Labute approximate surface area is 117 Å². The zero-order valence-corrected chi connectivity index (χ0v) is 12.7. The molecule has 0 radical (unpaired) electrons. The number of nitrogens with zero attached hydrogens (tertiary/aromatic N) is 1. The lowest BCUT2D eigenvalue weighted by molar-refractivity contribution is -0.125. The molecule has 2 atom stereocenters. The summed E-state index contributed by atoms with van der Waals surface area (Å²) < 4.78 is 0. The summed E-state index contributed by atoms with van der Waals surface area (Å²) in [6, 6.07) is 0. The molecule has 1 amide bonds. The van der Waals surface area contributed by atoms with E-state index in [1.807, 2.05) is 0 Å². The monoisotopic (exact) mass is 267 g/mol. The van der Waals surface area contributed by atoms with E-state index in [4.69, 9.17) is 0 Å². The Balaban J connectivity index is 1.80. The number of likely N-dealkylation sites (tertiary alicyclic amines) is 1. The van der Waals surface area contributed by atoms with Gasteiger partial charge in [0.2, 0.25) is 5.91 Å². The van der Waals surface area contributed by atoms with Crippen molar-refractivity contribution in [2.24, 2.45) is 11.8 Å². The van der Waals surface area contributed by atoms with Crippen LogP contribution in [0.1, 0.15) is 40.0 Å². The van der Waals surface area contributed by atoms with Gasteiger partial charge in [-0.05, 0) is 52.1 Å². The predicted molar refractivity (Wildman–Crippen MR) is 78.0 cm³/mol. The molecule has 110 valence electrons. The van der Waals surface area contributed by atoms with Crippen molar-refractivity contribution in [2.45, 2.75) is 45.6 Å². The summed E-state index contributed by atoms with van der Waals surface area (Å²) in [5.41, 5.74) is 0.0658. The molecule has 0 aromatic heterocycles. The van der Waals surface area contributed by atoms with E-state index in [-0.39, 0.29) is 17.4 Å². The Hall–Kier alpha value is -0.610. The fourth-order valence-electron chi connectivity index (χ4n) is 3.18. The molecule has 0 saturated carbocycles. The maximum atomic E-state index is 12.1. The zero-order chi connectivity index (χ0) is 13.9. The fraction of sp³-hybridized carbons (Fsp3) is 0.933. The molecular weight excluding hydrogens is 238 g/mol. The van der Waals surface area contributed by atoms with E-state index < -0.39 is 0 Å². The quantitative estimate of drug-likeness (QED) is 0.805. The van der Waals surface area contributed by atoms with Gasteiger partial charge in [0.05, 0.1) is 5.92 Å². The third kappa shape index (κ3) is 3.93. The second-order valence-electron chi connectivity index (χ2n) is 6.91. The molecule has 0 bridgehead atoms. The van der Waals surface area contributed by atoms with Gasteiger partial charge in [0.1, 0.15) is 0 Å². The number of amides is 1. The Morgan fingerprint density at radius 3 is 2.84 bits per heavy atom. The third-order valence-electron chi connectivity index (χ3n) is 4.64. The molecule has 4 heteroatoms. The molecule has 2 aliphatic rings. The SMILES string of the molecule is CC1CCCN(C(C)(C)CNC(=O)C2CCNC2)C1. The summed E-state index contributed by atoms with van der Waals surface area (Å²) in [7, 11) is 0. The van der Waals surface area contributed by atoms with Gasteiger partial charge in [-0.1, -0.05) is 6.92 Å². The fourth-order valence-corrected chi connectivity index (χ4v) is 3.18. The highest BCUT2D eigenvalue weighted by atomic mass is 16.1. The highest BCUT2D eigenvalue weighted by molar-refractivity contribution is 5.79. The molecule has 2 heterocycles. The minimum absolute atomic E-state index is 0.0658. The maximum absolute atomic E-state index is 12.1. The number of rotatable bonds is 4. The van der Waals surface area contributed by atoms with Crippen molar-refractivity contribution in [2.75, 3.05) is 32.7 Å². The summed E-state index contributed by atoms with van der Waals surface area (Å²) in [4.78, 5) is 14.6. The first-order chi connectivity index (χ1) is 8.99. The van der Waals surface area contributed by atoms with Crippen LogP contribution in [-0.2, 0) is 4.79 Å². The Morgan fingerprint density at radius 2 is 2.21 bits per heavy atom. The minimum Gasteiger partial charge on any atom is -0.354 e. The predicted octanol–water partition coefficient (Wildman–Crippen LogP) is 1.22. The number of hydrogen-bond acceptors (Lipinski definition) is 3. The first kappa shape index (κ1) is 14.8. The molecule has 2 aliphatic heterocycles. The van der Waals surface area contributed by atoms with E-state index in [0.29, 0.717) is 0 Å². The maximum Gasteiger partial charge on any atom is 0.224 e. The number of piperidine rings is 1. The number of nitrogens with one attached hydrogen (secondary N) is 2. The highest BCUT2D eigenvalue weighted by Crippen LogP contribution is 2.23. The third-order valence-corrected chi connectivity index (χ3v) is 4.64. The average Bonchev–Trinajstić information content (AvgIpc) is 2.90. The van der Waals surface area contributed by atoms with Gasteiger partial charge in [-0.3, -0.25) is 9.69 Å². The first-order valence-electron chi connectivity index (χ1n) is 7.72. The van der Waals surface area contributed by atoms with Gasteiger partial charge in [0, 0.05) is 25.2 Å². The summed E-state index contributed by atoms with van der Waals surface area (Å²) in [5, 5.41) is 6.40. The molecule has 0 spiro atoms. The number of carbonyl (C=O) groups excluding carboxylic acids is 1. The van der Waals surface area contributed by atoms with Gasteiger partial charge in [0.25, 0.3) is 0 Å². The molecule has 19 heavy (non-hydrogen) atoms. The van der Waals surface area contributed by atoms with Gasteiger partial charge >= 0.3 is 0 Å². The van der Waals surface area contributed by atoms with E-state index in [1.165, 1.54) is 12.8 Å². The van der Waals surface area contributed by atoms with E-state index in [9.17, 15) is 4.79 Å². The van der Waals surface area contributed by atoms with Gasteiger partial charge in [-0.25, -0.2) is 0 Å². The van der Waals surface area contributed by atoms with Gasteiger partial charge in [0.15, 0.2) is 0 Å².